The predicted molar refractivity (Wildman–Crippen MR) is 38.8 cm³/mol. The summed E-state index contributed by atoms with van der Waals surface area (Å²) in [6.45, 7) is 1.46. The Kier molecular flexibility index (Phi) is 3.62. The summed E-state index contributed by atoms with van der Waals surface area (Å²) in [5.41, 5.74) is -1.23. The topological polar surface area (TPSA) is 63.6 Å². The normalized spacial score (nSPS) is 15.2. The van der Waals surface area contributed by atoms with Crippen molar-refractivity contribution in [2.45, 2.75) is 18.4 Å². The third-order valence-electron chi connectivity index (χ3n) is 1.02. The van der Waals surface area contributed by atoms with Crippen LogP contribution in [0.15, 0.2) is 0 Å². The number of carbonyl (C=O) groups is 2. The Bertz CT molecular complexity index is 181. The number of rotatable bonds is 3. The Hall–Kier alpha value is -0.480. The fourth-order valence-electron chi connectivity index (χ4n) is 0.394. The van der Waals surface area contributed by atoms with Crippen LogP contribution in [0.3, 0.4) is 0 Å². The molecule has 0 rings (SSSR count). The Balaban J connectivity index is 4.34. The molecule has 6 heteroatoms. The van der Waals surface area contributed by atoms with Crippen molar-refractivity contribution in [3.05, 3.63) is 0 Å². The van der Waals surface area contributed by atoms with Gasteiger partial charge in [0, 0.05) is 18.0 Å². The van der Waals surface area contributed by atoms with Gasteiger partial charge in [-0.3, -0.25) is 0 Å². The maximum Gasteiger partial charge on any atom is 0.405 e. The van der Waals surface area contributed by atoms with Gasteiger partial charge in [0.1, 0.15) is 0 Å². The van der Waals surface area contributed by atoms with Gasteiger partial charge in [-0.15, -0.1) is 0 Å². The second-order valence-corrected chi connectivity index (χ2v) is 2.65. The van der Waals surface area contributed by atoms with Crippen LogP contribution in [0.5, 0.6) is 0 Å². The van der Waals surface area contributed by atoms with E-state index in [-0.39, 0.29) is 6.42 Å². The number of aliphatic carboxylic acids is 1. The van der Waals surface area contributed by atoms with Crippen molar-refractivity contribution in [2.24, 2.45) is 0 Å². The van der Waals surface area contributed by atoms with Gasteiger partial charge in [-0.1, -0.05) is 18.5 Å². The van der Waals surface area contributed by atoms with E-state index in [0.29, 0.717) is 0 Å². The van der Waals surface area contributed by atoms with E-state index in [1.54, 1.807) is 0 Å². The van der Waals surface area contributed by atoms with Crippen LogP contribution in [0.25, 0.3) is 0 Å². The molecule has 0 heterocycles. The molecule has 0 aromatic heterocycles. The maximum atomic E-state index is 10.3. The van der Waals surface area contributed by atoms with E-state index in [4.69, 9.17) is 28.3 Å². The lowest BCUT2D eigenvalue weighted by Gasteiger charge is -2.18. The van der Waals surface area contributed by atoms with Crippen LogP contribution in [0, 0.1) is 0 Å². The molecule has 64 valence electrons. The molecular formula is C5H6Cl2O4. The number of halogens is 2. The summed E-state index contributed by atoms with van der Waals surface area (Å²) in [4.78, 5) is 20.4. The molecule has 1 N–H and O–H groups in total. The maximum absolute atomic E-state index is 10.3. The fraction of sp³-hybridized carbons (Fsp3) is 0.600. The largest absolute Gasteiger partial charge is 0.477 e. The van der Waals surface area contributed by atoms with Crippen molar-refractivity contribution in [1.82, 2.24) is 0 Å². The number of carboxylic acids is 1. The summed E-state index contributed by atoms with van der Waals surface area (Å²) in [5, 5.41) is 6.38. The molecule has 0 saturated carbocycles. The predicted octanol–water partition coefficient (Wildman–Crippen LogP) is 1.79. The first kappa shape index (κ1) is 10.5. The molecule has 0 radical (unpaired) electrons. The first-order valence-corrected chi connectivity index (χ1v) is 3.48. The highest BCUT2D eigenvalue weighted by Gasteiger charge is 2.38. The second kappa shape index (κ2) is 3.78. The minimum atomic E-state index is -2.03. The molecule has 0 aliphatic heterocycles. The quantitative estimate of drug-likeness (QED) is 0.558. The lowest BCUT2D eigenvalue weighted by Crippen LogP contribution is -2.35. The van der Waals surface area contributed by atoms with Crippen LogP contribution in [0.1, 0.15) is 13.3 Å². The number of alkyl halides is 1. The van der Waals surface area contributed by atoms with Crippen molar-refractivity contribution in [3.8, 4) is 0 Å². The van der Waals surface area contributed by atoms with Gasteiger partial charge in [0.25, 0.3) is 5.06 Å². The third-order valence-corrected chi connectivity index (χ3v) is 1.60. The van der Waals surface area contributed by atoms with Gasteiger partial charge in [0.2, 0.25) is 0 Å². The Morgan fingerprint density at radius 3 is 2.18 bits per heavy atom. The van der Waals surface area contributed by atoms with Crippen molar-refractivity contribution in [2.75, 3.05) is 0 Å². The van der Waals surface area contributed by atoms with Gasteiger partial charge in [-0.05, 0) is 0 Å². The lowest BCUT2D eigenvalue weighted by molar-refractivity contribution is -0.149. The molecule has 0 saturated heterocycles. The van der Waals surface area contributed by atoms with Gasteiger partial charge < -0.3 is 9.84 Å². The summed E-state index contributed by atoms with van der Waals surface area (Å²) in [6.07, 6.45) is -0.0532. The highest BCUT2D eigenvalue weighted by molar-refractivity contribution is 6.61. The number of hydrogen-bond donors (Lipinski definition) is 1. The smallest absolute Gasteiger partial charge is 0.405 e. The van der Waals surface area contributed by atoms with Crippen molar-refractivity contribution >= 4 is 34.6 Å². The molecule has 0 fully saturated rings. The monoisotopic (exact) mass is 200 g/mol. The van der Waals surface area contributed by atoms with E-state index in [2.05, 4.69) is 4.74 Å². The zero-order valence-corrected chi connectivity index (χ0v) is 7.15. The Morgan fingerprint density at radius 2 is 2.09 bits per heavy atom. The van der Waals surface area contributed by atoms with Crippen molar-refractivity contribution in [3.63, 3.8) is 0 Å². The molecular weight excluding hydrogens is 195 g/mol. The zero-order valence-electron chi connectivity index (χ0n) is 5.63. The minimum Gasteiger partial charge on any atom is -0.477 e. The fourth-order valence-corrected chi connectivity index (χ4v) is 0.636. The van der Waals surface area contributed by atoms with Crippen LogP contribution < -0.4 is 0 Å². The zero-order chi connectivity index (χ0) is 9.07. The molecule has 1 atom stereocenters. The highest BCUT2D eigenvalue weighted by atomic mass is 35.5. The van der Waals surface area contributed by atoms with Crippen molar-refractivity contribution < 1.29 is 19.4 Å². The van der Waals surface area contributed by atoms with Crippen LogP contribution in [-0.4, -0.2) is 21.6 Å². The number of hydrogen-bond acceptors (Lipinski definition) is 3. The van der Waals surface area contributed by atoms with Crippen LogP contribution in [0.2, 0.25) is 0 Å². The summed E-state index contributed by atoms with van der Waals surface area (Å²) in [7, 11) is 0. The Morgan fingerprint density at radius 1 is 1.64 bits per heavy atom. The number of ether oxygens (including phenoxy) is 1. The molecule has 0 bridgehead atoms. The average Bonchev–Trinajstić information content (AvgIpc) is 1.86. The van der Waals surface area contributed by atoms with Crippen LogP contribution in [-0.2, 0) is 9.53 Å². The molecule has 0 amide bonds. The van der Waals surface area contributed by atoms with Gasteiger partial charge in [-0.25, -0.2) is 9.59 Å². The van der Waals surface area contributed by atoms with E-state index in [9.17, 15) is 9.59 Å². The van der Waals surface area contributed by atoms with Crippen LogP contribution in [0.4, 0.5) is 4.79 Å². The van der Waals surface area contributed by atoms with E-state index in [1.807, 2.05) is 0 Å². The molecule has 0 aromatic rings. The summed E-state index contributed by atoms with van der Waals surface area (Å²) < 4.78 is 4.14. The number of carbonyl (C=O) groups excluding carboxylic acids is 1. The lowest BCUT2D eigenvalue weighted by atomic mass is 10.3. The van der Waals surface area contributed by atoms with Gasteiger partial charge >= 0.3 is 11.4 Å². The Labute approximate surface area is 73.0 Å². The van der Waals surface area contributed by atoms with Crippen LogP contribution >= 0.6 is 23.2 Å². The third kappa shape index (κ3) is 2.95. The van der Waals surface area contributed by atoms with Gasteiger partial charge in [0.15, 0.2) is 0 Å². The van der Waals surface area contributed by atoms with E-state index >= 15 is 0 Å². The molecule has 0 aliphatic rings. The molecule has 1 unspecified atom stereocenters. The highest BCUT2D eigenvalue weighted by Crippen LogP contribution is 2.22. The number of carboxylic acid groups (broad SMARTS) is 1. The average molecular weight is 201 g/mol. The summed E-state index contributed by atoms with van der Waals surface area (Å²) in [5.74, 6) is -1.43. The molecule has 0 spiro atoms. The van der Waals surface area contributed by atoms with Gasteiger partial charge in [0.05, 0.1) is 0 Å². The van der Waals surface area contributed by atoms with Gasteiger partial charge in [-0.2, -0.15) is 0 Å². The second-order valence-electron chi connectivity index (χ2n) is 1.73. The first-order chi connectivity index (χ1) is 4.92. The molecule has 11 heavy (non-hydrogen) atoms. The minimum absolute atomic E-state index is 0.0532. The van der Waals surface area contributed by atoms with E-state index in [1.165, 1.54) is 6.92 Å². The first-order valence-electron chi connectivity index (χ1n) is 2.73. The summed E-state index contributed by atoms with van der Waals surface area (Å²) in [6, 6.07) is 0. The molecule has 4 nitrogen and oxygen atoms in total. The standard InChI is InChI=1S/C5H6Cl2O4/c1-2-5(7,3(8)9)11-4(6)10/h2H2,1H3,(H,8,9). The van der Waals surface area contributed by atoms with Crippen molar-refractivity contribution in [1.29, 1.82) is 0 Å². The SMILES string of the molecule is CCC(Cl)(OC(=O)Cl)C(=O)O. The van der Waals surface area contributed by atoms with E-state index in [0.717, 1.165) is 0 Å². The van der Waals surface area contributed by atoms with E-state index < -0.39 is 16.5 Å². The molecule has 0 aliphatic carbocycles. The molecule has 0 aromatic carbocycles. The summed E-state index contributed by atoms with van der Waals surface area (Å²) >= 11 is 10.1.